The van der Waals surface area contributed by atoms with Crippen molar-refractivity contribution in [2.45, 2.75) is 18.9 Å². The molecule has 1 atom stereocenters. The second kappa shape index (κ2) is 6.16. The van der Waals surface area contributed by atoms with Gasteiger partial charge in [0.05, 0.1) is 12.5 Å². The summed E-state index contributed by atoms with van der Waals surface area (Å²) < 4.78 is 0. The highest BCUT2D eigenvalue weighted by molar-refractivity contribution is 5.74. The van der Waals surface area contributed by atoms with Crippen LogP contribution in [-0.4, -0.2) is 17.1 Å². The topological polar surface area (TPSA) is 63.3 Å². The molecule has 1 amide bonds. The molecule has 0 aliphatic heterocycles. The Morgan fingerprint density at radius 1 is 1.00 bits per heavy atom. The van der Waals surface area contributed by atoms with E-state index in [-0.39, 0.29) is 6.42 Å². The molecule has 2 aromatic rings. The van der Waals surface area contributed by atoms with E-state index in [1.54, 1.807) is 0 Å². The molecule has 0 saturated heterocycles. The minimum Gasteiger partial charge on any atom is -0.392 e. The zero-order valence-electron chi connectivity index (χ0n) is 10.6. The van der Waals surface area contributed by atoms with Crippen molar-refractivity contribution in [2.24, 2.45) is 5.73 Å². The van der Waals surface area contributed by atoms with E-state index in [1.165, 1.54) is 0 Å². The smallest absolute Gasteiger partial charge is 0.220 e. The molecule has 3 N–H and O–H groups in total. The number of hydrogen-bond acceptors (Lipinski definition) is 2. The number of primary amides is 1. The molecular weight excluding hydrogens is 238 g/mol. The highest BCUT2D eigenvalue weighted by Crippen LogP contribution is 2.19. The molecule has 0 fully saturated rings. The van der Waals surface area contributed by atoms with Crippen molar-refractivity contribution in [3.63, 3.8) is 0 Å². The summed E-state index contributed by atoms with van der Waals surface area (Å²) in [5.41, 5.74) is 8.33. The summed E-state index contributed by atoms with van der Waals surface area (Å²) in [7, 11) is 0. The Labute approximate surface area is 112 Å². The van der Waals surface area contributed by atoms with Gasteiger partial charge in [0.15, 0.2) is 0 Å². The highest BCUT2D eigenvalue weighted by atomic mass is 16.3. The molecule has 0 heterocycles. The van der Waals surface area contributed by atoms with Gasteiger partial charge in [0, 0.05) is 0 Å². The lowest BCUT2D eigenvalue weighted by Crippen LogP contribution is -2.21. The summed E-state index contributed by atoms with van der Waals surface area (Å²) >= 11 is 0. The third-order valence-corrected chi connectivity index (χ3v) is 2.97. The average molecular weight is 255 g/mol. The largest absolute Gasteiger partial charge is 0.392 e. The Morgan fingerprint density at radius 3 is 2.16 bits per heavy atom. The molecule has 0 radical (unpaired) electrons. The van der Waals surface area contributed by atoms with Crippen molar-refractivity contribution in [1.29, 1.82) is 0 Å². The van der Waals surface area contributed by atoms with Gasteiger partial charge < -0.3 is 10.8 Å². The van der Waals surface area contributed by atoms with Gasteiger partial charge in [-0.3, -0.25) is 4.79 Å². The van der Waals surface area contributed by atoms with Crippen LogP contribution in [0.2, 0.25) is 0 Å². The summed E-state index contributed by atoms with van der Waals surface area (Å²) in [6.45, 7) is 0. The second-order valence-electron chi connectivity index (χ2n) is 4.59. The number of aliphatic hydroxyl groups excluding tert-OH is 1. The Kier molecular flexibility index (Phi) is 4.31. The Morgan fingerprint density at radius 2 is 1.58 bits per heavy atom. The molecule has 0 aliphatic carbocycles. The van der Waals surface area contributed by atoms with E-state index in [0.717, 1.165) is 16.7 Å². The van der Waals surface area contributed by atoms with E-state index < -0.39 is 12.0 Å². The van der Waals surface area contributed by atoms with Crippen LogP contribution in [0.25, 0.3) is 11.1 Å². The summed E-state index contributed by atoms with van der Waals surface area (Å²) in [4.78, 5) is 10.7. The van der Waals surface area contributed by atoms with E-state index in [1.807, 2.05) is 42.5 Å². The molecule has 2 rings (SSSR count). The van der Waals surface area contributed by atoms with Crippen LogP contribution >= 0.6 is 0 Å². The molecule has 2 aromatic carbocycles. The maximum atomic E-state index is 10.7. The summed E-state index contributed by atoms with van der Waals surface area (Å²) in [5, 5.41) is 9.66. The first-order valence-electron chi connectivity index (χ1n) is 6.26. The highest BCUT2D eigenvalue weighted by Gasteiger charge is 2.09. The first kappa shape index (κ1) is 13.3. The van der Waals surface area contributed by atoms with E-state index in [2.05, 4.69) is 12.1 Å². The number of hydrogen-bond donors (Lipinski definition) is 2. The van der Waals surface area contributed by atoms with Crippen LogP contribution in [0.1, 0.15) is 12.0 Å². The fourth-order valence-corrected chi connectivity index (χ4v) is 2.04. The molecule has 0 bridgehead atoms. The van der Waals surface area contributed by atoms with Gasteiger partial charge >= 0.3 is 0 Å². The SMILES string of the molecule is NC(=O)CC(O)Cc1ccc(-c2ccccc2)cc1. The fourth-order valence-electron chi connectivity index (χ4n) is 2.04. The molecule has 0 saturated carbocycles. The minimum atomic E-state index is -0.708. The zero-order chi connectivity index (χ0) is 13.7. The summed E-state index contributed by atoms with van der Waals surface area (Å²) in [6, 6.07) is 18.0. The van der Waals surface area contributed by atoms with Crippen molar-refractivity contribution in [3.8, 4) is 11.1 Å². The number of aliphatic hydroxyl groups is 1. The number of carbonyl (C=O) groups is 1. The van der Waals surface area contributed by atoms with Crippen LogP contribution < -0.4 is 5.73 Å². The average Bonchev–Trinajstić information content (AvgIpc) is 2.39. The van der Waals surface area contributed by atoms with Gasteiger partial charge in [-0.1, -0.05) is 54.6 Å². The number of carbonyl (C=O) groups excluding carboxylic acids is 1. The maximum Gasteiger partial charge on any atom is 0.220 e. The molecule has 0 spiro atoms. The monoisotopic (exact) mass is 255 g/mol. The van der Waals surface area contributed by atoms with Gasteiger partial charge in [-0.15, -0.1) is 0 Å². The molecule has 1 unspecified atom stereocenters. The van der Waals surface area contributed by atoms with Crippen LogP contribution in [0.4, 0.5) is 0 Å². The van der Waals surface area contributed by atoms with Crippen LogP contribution in [0, 0.1) is 0 Å². The Balaban J connectivity index is 2.05. The normalized spacial score (nSPS) is 12.1. The lowest BCUT2D eigenvalue weighted by molar-refractivity contribution is -0.119. The Bertz CT molecular complexity index is 534. The summed E-state index contributed by atoms with van der Waals surface area (Å²) in [5.74, 6) is -0.478. The third kappa shape index (κ3) is 3.93. The van der Waals surface area contributed by atoms with E-state index in [4.69, 9.17) is 5.73 Å². The number of rotatable bonds is 5. The fraction of sp³-hybridized carbons (Fsp3) is 0.188. The first-order chi connectivity index (χ1) is 9.15. The predicted molar refractivity (Wildman–Crippen MR) is 75.4 cm³/mol. The van der Waals surface area contributed by atoms with Crippen molar-refractivity contribution in [2.75, 3.05) is 0 Å². The van der Waals surface area contributed by atoms with Gasteiger partial charge in [0.2, 0.25) is 5.91 Å². The van der Waals surface area contributed by atoms with Crippen molar-refractivity contribution < 1.29 is 9.90 Å². The van der Waals surface area contributed by atoms with Gasteiger partial charge in [-0.25, -0.2) is 0 Å². The second-order valence-corrected chi connectivity index (χ2v) is 4.59. The van der Waals surface area contributed by atoms with Gasteiger partial charge in [-0.2, -0.15) is 0 Å². The standard InChI is InChI=1S/C16H17NO2/c17-16(19)11-15(18)10-12-6-8-14(9-7-12)13-4-2-1-3-5-13/h1-9,15,18H,10-11H2,(H2,17,19). The molecule has 19 heavy (non-hydrogen) atoms. The lowest BCUT2D eigenvalue weighted by atomic mass is 10.0. The Hall–Kier alpha value is -2.13. The van der Waals surface area contributed by atoms with Crippen LogP contribution in [-0.2, 0) is 11.2 Å². The zero-order valence-corrected chi connectivity index (χ0v) is 10.6. The number of amides is 1. The third-order valence-electron chi connectivity index (χ3n) is 2.97. The first-order valence-corrected chi connectivity index (χ1v) is 6.26. The minimum absolute atomic E-state index is 0.000433. The van der Waals surface area contributed by atoms with Gasteiger partial charge in [0.1, 0.15) is 0 Å². The number of benzene rings is 2. The molecule has 98 valence electrons. The molecule has 3 nitrogen and oxygen atoms in total. The molecule has 0 aromatic heterocycles. The van der Waals surface area contributed by atoms with Crippen molar-refractivity contribution in [3.05, 3.63) is 60.2 Å². The molecular formula is C16H17NO2. The van der Waals surface area contributed by atoms with E-state index in [9.17, 15) is 9.90 Å². The van der Waals surface area contributed by atoms with Crippen LogP contribution in [0.15, 0.2) is 54.6 Å². The summed E-state index contributed by atoms with van der Waals surface area (Å²) in [6.07, 6.45) is -0.265. The van der Waals surface area contributed by atoms with Crippen LogP contribution in [0.5, 0.6) is 0 Å². The van der Waals surface area contributed by atoms with E-state index in [0.29, 0.717) is 6.42 Å². The predicted octanol–water partition coefficient (Wildman–Crippen LogP) is 2.13. The van der Waals surface area contributed by atoms with Crippen molar-refractivity contribution in [1.82, 2.24) is 0 Å². The number of nitrogens with two attached hydrogens (primary N) is 1. The van der Waals surface area contributed by atoms with Gasteiger partial charge in [0.25, 0.3) is 0 Å². The van der Waals surface area contributed by atoms with Gasteiger partial charge in [-0.05, 0) is 23.1 Å². The molecule has 3 heteroatoms. The quantitative estimate of drug-likeness (QED) is 0.859. The van der Waals surface area contributed by atoms with Crippen molar-refractivity contribution >= 4 is 5.91 Å². The van der Waals surface area contributed by atoms with Crippen LogP contribution in [0.3, 0.4) is 0 Å². The molecule has 0 aliphatic rings. The maximum absolute atomic E-state index is 10.7. The lowest BCUT2D eigenvalue weighted by Gasteiger charge is -2.09. The van der Waals surface area contributed by atoms with E-state index >= 15 is 0 Å².